The lowest BCUT2D eigenvalue weighted by Crippen LogP contribution is -2.29. The van der Waals surface area contributed by atoms with Crippen molar-refractivity contribution in [2.75, 3.05) is 18.4 Å². The van der Waals surface area contributed by atoms with Crippen molar-refractivity contribution in [3.63, 3.8) is 0 Å². The van der Waals surface area contributed by atoms with Crippen molar-refractivity contribution < 1.29 is 14.7 Å². The van der Waals surface area contributed by atoms with Gasteiger partial charge in [-0.25, -0.2) is 4.79 Å². The second kappa shape index (κ2) is 7.00. The van der Waals surface area contributed by atoms with Gasteiger partial charge < -0.3 is 10.4 Å². The molecule has 1 aromatic carbocycles. The Labute approximate surface area is 119 Å². The van der Waals surface area contributed by atoms with Crippen molar-refractivity contribution in [2.45, 2.75) is 0 Å². The van der Waals surface area contributed by atoms with Crippen molar-refractivity contribution in [3.8, 4) is 12.3 Å². The molecular formula is C12H10Cl2N2O3. The van der Waals surface area contributed by atoms with Crippen LogP contribution in [0.4, 0.5) is 5.69 Å². The lowest BCUT2D eigenvalue weighted by molar-refractivity contribution is -0.115. The Bertz CT molecular complexity index is 553. The monoisotopic (exact) mass is 300 g/mol. The molecule has 0 unspecified atom stereocenters. The first kappa shape index (κ1) is 15.3. The molecule has 0 saturated heterocycles. The minimum Gasteiger partial charge on any atom is -0.478 e. The maximum absolute atomic E-state index is 11.6. The molecule has 5 nitrogen and oxygen atoms in total. The van der Waals surface area contributed by atoms with Gasteiger partial charge in [-0.2, -0.15) is 0 Å². The van der Waals surface area contributed by atoms with Crippen LogP contribution in [-0.4, -0.2) is 30.1 Å². The van der Waals surface area contributed by atoms with E-state index in [1.54, 1.807) is 0 Å². The van der Waals surface area contributed by atoms with Crippen LogP contribution in [0.2, 0.25) is 10.0 Å². The van der Waals surface area contributed by atoms with Crippen LogP contribution in [0.3, 0.4) is 0 Å². The van der Waals surface area contributed by atoms with Gasteiger partial charge in [0.05, 0.1) is 29.4 Å². The van der Waals surface area contributed by atoms with Crippen LogP contribution in [0, 0.1) is 12.3 Å². The van der Waals surface area contributed by atoms with Crippen molar-refractivity contribution in [2.24, 2.45) is 0 Å². The van der Waals surface area contributed by atoms with E-state index in [1.165, 1.54) is 12.1 Å². The molecule has 100 valence electrons. The first-order chi connectivity index (χ1) is 8.95. The zero-order valence-corrected chi connectivity index (χ0v) is 11.2. The van der Waals surface area contributed by atoms with Gasteiger partial charge in [-0.05, 0) is 12.1 Å². The Hall–Kier alpha value is -1.74. The molecule has 1 amide bonds. The van der Waals surface area contributed by atoms with Gasteiger partial charge in [-0.1, -0.05) is 29.1 Å². The summed E-state index contributed by atoms with van der Waals surface area (Å²) in [5.74, 6) is 0.611. The molecule has 7 heteroatoms. The summed E-state index contributed by atoms with van der Waals surface area (Å²) in [4.78, 5) is 22.6. The van der Waals surface area contributed by atoms with E-state index in [0.29, 0.717) is 0 Å². The van der Waals surface area contributed by atoms with Gasteiger partial charge in [0, 0.05) is 5.02 Å². The molecular weight excluding hydrogens is 291 g/mol. The van der Waals surface area contributed by atoms with Gasteiger partial charge in [-0.3, -0.25) is 10.1 Å². The summed E-state index contributed by atoms with van der Waals surface area (Å²) in [7, 11) is 0. The van der Waals surface area contributed by atoms with Crippen LogP contribution in [-0.2, 0) is 4.79 Å². The number of halogens is 2. The highest BCUT2D eigenvalue weighted by Crippen LogP contribution is 2.30. The van der Waals surface area contributed by atoms with E-state index < -0.39 is 11.9 Å². The number of carboxylic acid groups (broad SMARTS) is 1. The van der Waals surface area contributed by atoms with Gasteiger partial charge in [0.2, 0.25) is 5.91 Å². The average Bonchev–Trinajstić information content (AvgIpc) is 2.32. The SMILES string of the molecule is C#CCNCC(=O)Nc1c(Cl)cc(Cl)cc1C(=O)O. The maximum atomic E-state index is 11.6. The number of hydrogen-bond donors (Lipinski definition) is 3. The lowest BCUT2D eigenvalue weighted by Gasteiger charge is -2.11. The summed E-state index contributed by atoms with van der Waals surface area (Å²) in [5, 5.41) is 14.3. The van der Waals surface area contributed by atoms with E-state index in [2.05, 4.69) is 16.6 Å². The molecule has 0 radical (unpaired) electrons. The zero-order valence-electron chi connectivity index (χ0n) is 9.67. The second-order valence-corrected chi connectivity index (χ2v) is 4.31. The third-order valence-electron chi connectivity index (χ3n) is 2.06. The molecule has 1 aromatic rings. The fourth-order valence-corrected chi connectivity index (χ4v) is 1.84. The molecule has 0 fully saturated rings. The summed E-state index contributed by atoms with van der Waals surface area (Å²) >= 11 is 11.6. The molecule has 0 atom stereocenters. The number of carbonyl (C=O) groups is 2. The van der Waals surface area contributed by atoms with Gasteiger partial charge in [0.1, 0.15) is 0 Å². The van der Waals surface area contributed by atoms with Gasteiger partial charge >= 0.3 is 5.97 Å². The predicted octanol–water partition coefficient (Wildman–Crippen LogP) is 1.85. The van der Waals surface area contributed by atoms with Crippen LogP contribution in [0.5, 0.6) is 0 Å². The Kier molecular flexibility index (Phi) is 5.64. The smallest absolute Gasteiger partial charge is 0.337 e. The molecule has 1 rings (SSSR count). The number of aromatic carboxylic acids is 1. The van der Waals surface area contributed by atoms with Crippen molar-refractivity contribution >= 4 is 40.8 Å². The molecule has 19 heavy (non-hydrogen) atoms. The normalized spacial score (nSPS) is 9.74. The molecule has 0 aliphatic heterocycles. The Morgan fingerprint density at radius 3 is 2.63 bits per heavy atom. The van der Waals surface area contributed by atoms with E-state index in [1.807, 2.05) is 0 Å². The lowest BCUT2D eigenvalue weighted by atomic mass is 10.1. The minimum absolute atomic E-state index is 0.00562. The second-order valence-electron chi connectivity index (χ2n) is 3.47. The van der Waals surface area contributed by atoms with Crippen LogP contribution < -0.4 is 10.6 Å². The molecule has 0 heterocycles. The Morgan fingerprint density at radius 1 is 1.37 bits per heavy atom. The summed E-state index contributed by atoms with van der Waals surface area (Å²) in [6, 6.07) is 2.56. The van der Waals surface area contributed by atoms with Crippen LogP contribution in [0.1, 0.15) is 10.4 Å². The zero-order chi connectivity index (χ0) is 14.4. The highest BCUT2D eigenvalue weighted by atomic mass is 35.5. The van der Waals surface area contributed by atoms with Crippen LogP contribution >= 0.6 is 23.2 Å². The molecule has 0 saturated carbocycles. The van der Waals surface area contributed by atoms with Crippen LogP contribution in [0.15, 0.2) is 12.1 Å². The first-order valence-corrected chi connectivity index (χ1v) is 5.87. The third kappa shape index (κ3) is 4.45. The molecule has 3 N–H and O–H groups in total. The summed E-state index contributed by atoms with van der Waals surface area (Å²) < 4.78 is 0. The fraction of sp³-hybridized carbons (Fsp3) is 0.167. The molecule has 0 aliphatic carbocycles. The largest absolute Gasteiger partial charge is 0.478 e. The molecule has 0 bridgehead atoms. The Balaban J connectivity index is 2.91. The van der Waals surface area contributed by atoms with Gasteiger partial charge in [-0.15, -0.1) is 6.42 Å². The number of benzene rings is 1. The first-order valence-electron chi connectivity index (χ1n) is 5.12. The van der Waals surface area contributed by atoms with E-state index in [-0.39, 0.29) is 34.4 Å². The minimum atomic E-state index is -1.24. The van der Waals surface area contributed by atoms with Crippen molar-refractivity contribution in [1.29, 1.82) is 0 Å². The van der Waals surface area contributed by atoms with E-state index >= 15 is 0 Å². The number of hydrogen-bond acceptors (Lipinski definition) is 3. The van der Waals surface area contributed by atoms with E-state index in [9.17, 15) is 9.59 Å². The highest BCUT2D eigenvalue weighted by molar-refractivity contribution is 6.37. The predicted molar refractivity (Wildman–Crippen MR) is 73.8 cm³/mol. The number of carbonyl (C=O) groups excluding carboxylic acids is 1. The number of rotatable bonds is 5. The fourth-order valence-electron chi connectivity index (χ4n) is 1.30. The molecule has 0 spiro atoms. The molecule has 0 aromatic heterocycles. The third-order valence-corrected chi connectivity index (χ3v) is 2.58. The summed E-state index contributed by atoms with van der Waals surface area (Å²) in [6.07, 6.45) is 5.01. The van der Waals surface area contributed by atoms with Crippen molar-refractivity contribution in [1.82, 2.24) is 5.32 Å². The number of amides is 1. The summed E-state index contributed by atoms with van der Waals surface area (Å²) in [5.41, 5.74) is -0.172. The van der Waals surface area contributed by atoms with E-state index in [0.717, 1.165) is 0 Å². The number of nitrogens with one attached hydrogen (secondary N) is 2. The van der Waals surface area contributed by atoms with Crippen LogP contribution in [0.25, 0.3) is 0 Å². The Morgan fingerprint density at radius 2 is 2.05 bits per heavy atom. The van der Waals surface area contributed by atoms with Gasteiger partial charge in [0.25, 0.3) is 0 Å². The number of anilines is 1. The maximum Gasteiger partial charge on any atom is 0.337 e. The van der Waals surface area contributed by atoms with Crippen molar-refractivity contribution in [3.05, 3.63) is 27.7 Å². The quantitative estimate of drug-likeness (QED) is 0.573. The average molecular weight is 301 g/mol. The van der Waals surface area contributed by atoms with E-state index in [4.69, 9.17) is 34.7 Å². The number of carboxylic acids is 1. The van der Waals surface area contributed by atoms with Gasteiger partial charge in [0.15, 0.2) is 0 Å². The highest BCUT2D eigenvalue weighted by Gasteiger charge is 2.17. The topological polar surface area (TPSA) is 78.4 Å². The molecule has 0 aliphatic rings. The summed E-state index contributed by atoms with van der Waals surface area (Å²) in [6.45, 7) is 0.176. The number of terminal acetylenes is 1. The standard InChI is InChI=1S/C12H10Cl2N2O3/c1-2-3-15-6-10(17)16-11-8(12(18)19)4-7(13)5-9(11)14/h1,4-5,15H,3,6H2,(H,16,17)(H,18,19).